The average molecular weight is 892 g/mol. The van der Waals surface area contributed by atoms with Crippen LogP contribution < -0.4 is 0 Å². The third kappa shape index (κ3) is 51.3. The molecular weight excluding hydrogens is 781 g/mol. The van der Waals surface area contributed by atoms with E-state index < -0.39 is 6.10 Å². The fourth-order valence-corrected chi connectivity index (χ4v) is 8.75. The Morgan fingerprint density at radius 2 is 0.524 bits per heavy atom. The minimum atomic E-state index is -0.761. The Balaban J connectivity index is 4.24. The fourth-order valence-electron chi connectivity index (χ4n) is 8.75. The smallest absolute Gasteiger partial charge is 0.306 e. The largest absolute Gasteiger partial charge is 0.462 e. The standard InChI is InChI=1S/C57H110O6/c1-5-7-9-11-13-15-17-18-19-20-21-25-29-32-36-40-44-48-55(58)61-51-54(63-57(60)50-46-42-38-34-27-16-14-12-10-8-6-2)52-62-56(59)49-45-41-37-33-30-26-23-22-24-28-31-35-39-43-47-53(3)4/h53-54H,5-52H2,1-4H3/t54-/m1/s1. The van der Waals surface area contributed by atoms with Crippen LogP contribution in [0.15, 0.2) is 0 Å². The maximum Gasteiger partial charge on any atom is 0.306 e. The lowest BCUT2D eigenvalue weighted by Gasteiger charge is -2.18. The van der Waals surface area contributed by atoms with E-state index >= 15 is 0 Å². The summed E-state index contributed by atoms with van der Waals surface area (Å²) in [5.74, 6) is 0.00710. The first-order valence-electron chi connectivity index (χ1n) is 28.4. The van der Waals surface area contributed by atoms with Gasteiger partial charge in [0.25, 0.3) is 0 Å². The van der Waals surface area contributed by atoms with Crippen LogP contribution in [-0.4, -0.2) is 37.2 Å². The molecule has 0 N–H and O–H groups in total. The predicted octanol–water partition coefficient (Wildman–Crippen LogP) is 18.6. The van der Waals surface area contributed by atoms with Crippen molar-refractivity contribution in [1.82, 2.24) is 0 Å². The van der Waals surface area contributed by atoms with E-state index in [0.29, 0.717) is 19.3 Å². The lowest BCUT2D eigenvalue weighted by atomic mass is 10.0. The second kappa shape index (κ2) is 51.4. The van der Waals surface area contributed by atoms with Crippen LogP contribution in [0.5, 0.6) is 0 Å². The Morgan fingerprint density at radius 3 is 0.778 bits per heavy atom. The van der Waals surface area contributed by atoms with Gasteiger partial charge in [0.2, 0.25) is 0 Å². The van der Waals surface area contributed by atoms with E-state index in [0.717, 1.165) is 63.7 Å². The van der Waals surface area contributed by atoms with Crippen LogP contribution in [0.1, 0.15) is 323 Å². The number of ether oxygens (including phenoxy) is 3. The highest BCUT2D eigenvalue weighted by atomic mass is 16.6. The molecule has 0 rings (SSSR count). The molecule has 0 aromatic carbocycles. The molecular formula is C57H110O6. The van der Waals surface area contributed by atoms with Gasteiger partial charge in [0.05, 0.1) is 0 Å². The van der Waals surface area contributed by atoms with Gasteiger partial charge in [0, 0.05) is 19.3 Å². The van der Waals surface area contributed by atoms with Crippen molar-refractivity contribution in [1.29, 1.82) is 0 Å². The highest BCUT2D eigenvalue weighted by molar-refractivity contribution is 5.71. The van der Waals surface area contributed by atoms with E-state index in [9.17, 15) is 14.4 Å². The maximum absolute atomic E-state index is 12.8. The summed E-state index contributed by atoms with van der Waals surface area (Å²) in [5.41, 5.74) is 0. The number of rotatable bonds is 52. The van der Waals surface area contributed by atoms with Crippen molar-refractivity contribution >= 4 is 17.9 Å². The van der Waals surface area contributed by atoms with Crippen molar-refractivity contribution in [2.24, 2.45) is 5.92 Å². The van der Waals surface area contributed by atoms with Crippen LogP contribution in [0.4, 0.5) is 0 Å². The number of hydrogen-bond donors (Lipinski definition) is 0. The number of unbranched alkanes of at least 4 members (excludes halogenated alkanes) is 39. The molecule has 0 aromatic rings. The topological polar surface area (TPSA) is 78.9 Å². The highest BCUT2D eigenvalue weighted by Crippen LogP contribution is 2.18. The summed E-state index contributed by atoms with van der Waals surface area (Å²) in [6, 6.07) is 0. The summed E-state index contributed by atoms with van der Waals surface area (Å²) in [4.78, 5) is 38.1. The molecule has 0 spiro atoms. The average Bonchev–Trinajstić information content (AvgIpc) is 3.27. The first-order valence-corrected chi connectivity index (χ1v) is 28.4. The lowest BCUT2D eigenvalue weighted by Crippen LogP contribution is -2.30. The zero-order valence-electron chi connectivity index (χ0n) is 43.0. The zero-order valence-corrected chi connectivity index (χ0v) is 43.0. The molecule has 0 radical (unpaired) electrons. The summed E-state index contributed by atoms with van der Waals surface area (Å²) in [6.45, 7) is 9.05. The number of hydrogen-bond acceptors (Lipinski definition) is 6. The molecule has 63 heavy (non-hydrogen) atoms. The molecule has 0 aliphatic heterocycles. The Morgan fingerprint density at radius 1 is 0.302 bits per heavy atom. The molecule has 0 aliphatic rings. The summed E-state index contributed by atoms with van der Waals surface area (Å²) in [7, 11) is 0. The molecule has 374 valence electrons. The van der Waals surface area contributed by atoms with Crippen molar-refractivity contribution in [2.45, 2.75) is 329 Å². The van der Waals surface area contributed by atoms with E-state index in [-0.39, 0.29) is 31.1 Å². The van der Waals surface area contributed by atoms with E-state index in [1.807, 2.05) is 0 Å². The van der Waals surface area contributed by atoms with E-state index in [1.165, 1.54) is 218 Å². The van der Waals surface area contributed by atoms with Crippen LogP contribution in [0.25, 0.3) is 0 Å². The quantitative estimate of drug-likeness (QED) is 0.0344. The Kier molecular flexibility index (Phi) is 50.1. The third-order valence-electron chi connectivity index (χ3n) is 13.0. The summed E-state index contributed by atoms with van der Waals surface area (Å²) >= 11 is 0. The van der Waals surface area contributed by atoms with Gasteiger partial charge in [-0.15, -0.1) is 0 Å². The monoisotopic (exact) mass is 891 g/mol. The van der Waals surface area contributed by atoms with Crippen LogP contribution >= 0.6 is 0 Å². The molecule has 0 saturated carbocycles. The summed E-state index contributed by atoms with van der Waals surface area (Å²) < 4.78 is 16.9. The van der Waals surface area contributed by atoms with Gasteiger partial charge >= 0.3 is 17.9 Å². The van der Waals surface area contributed by atoms with Crippen molar-refractivity contribution in [3.63, 3.8) is 0 Å². The Hall–Kier alpha value is -1.59. The van der Waals surface area contributed by atoms with Crippen molar-refractivity contribution in [2.75, 3.05) is 13.2 Å². The minimum Gasteiger partial charge on any atom is -0.462 e. The molecule has 1 atom stereocenters. The van der Waals surface area contributed by atoms with Crippen LogP contribution in [-0.2, 0) is 28.6 Å². The lowest BCUT2D eigenvalue weighted by molar-refractivity contribution is -0.167. The molecule has 0 amide bonds. The van der Waals surface area contributed by atoms with Crippen LogP contribution in [0.3, 0.4) is 0 Å². The second-order valence-electron chi connectivity index (χ2n) is 20.1. The van der Waals surface area contributed by atoms with Gasteiger partial charge in [0.15, 0.2) is 6.10 Å². The normalized spacial score (nSPS) is 12.0. The molecule has 0 heterocycles. The van der Waals surface area contributed by atoms with Gasteiger partial charge in [-0.3, -0.25) is 14.4 Å². The van der Waals surface area contributed by atoms with Crippen LogP contribution in [0, 0.1) is 5.92 Å². The molecule has 0 aliphatic carbocycles. The fraction of sp³-hybridized carbons (Fsp3) is 0.947. The Bertz CT molecular complexity index is 949. The molecule has 0 fully saturated rings. The first kappa shape index (κ1) is 61.4. The molecule has 0 unspecified atom stereocenters. The maximum atomic E-state index is 12.8. The van der Waals surface area contributed by atoms with E-state index in [2.05, 4.69) is 27.7 Å². The van der Waals surface area contributed by atoms with Gasteiger partial charge in [-0.2, -0.15) is 0 Å². The molecule has 0 saturated heterocycles. The highest BCUT2D eigenvalue weighted by Gasteiger charge is 2.19. The SMILES string of the molecule is CCCCCCCCCCCCCCCCCCCC(=O)OC[C@H](COC(=O)CCCCCCCCCCCCCCCCC(C)C)OC(=O)CCCCCCCCCCCCC. The van der Waals surface area contributed by atoms with Gasteiger partial charge in [-0.25, -0.2) is 0 Å². The Labute approximate surface area is 393 Å². The van der Waals surface area contributed by atoms with Crippen LogP contribution in [0.2, 0.25) is 0 Å². The van der Waals surface area contributed by atoms with Gasteiger partial charge in [0.1, 0.15) is 13.2 Å². The number of carbonyl (C=O) groups is 3. The summed E-state index contributed by atoms with van der Waals surface area (Å²) in [6.07, 6.45) is 55.2. The minimum absolute atomic E-state index is 0.0620. The van der Waals surface area contributed by atoms with E-state index in [4.69, 9.17) is 14.2 Å². The molecule has 0 aromatic heterocycles. The van der Waals surface area contributed by atoms with Crippen molar-refractivity contribution in [3.8, 4) is 0 Å². The predicted molar refractivity (Wildman–Crippen MR) is 270 cm³/mol. The van der Waals surface area contributed by atoms with Crippen molar-refractivity contribution in [3.05, 3.63) is 0 Å². The second-order valence-corrected chi connectivity index (χ2v) is 20.1. The number of esters is 3. The number of carbonyl (C=O) groups excluding carboxylic acids is 3. The zero-order chi connectivity index (χ0) is 45.9. The van der Waals surface area contributed by atoms with Gasteiger partial charge in [-0.1, -0.05) is 285 Å². The van der Waals surface area contributed by atoms with E-state index in [1.54, 1.807) is 0 Å². The molecule has 6 nitrogen and oxygen atoms in total. The van der Waals surface area contributed by atoms with Gasteiger partial charge in [-0.05, 0) is 25.2 Å². The third-order valence-corrected chi connectivity index (χ3v) is 13.0. The van der Waals surface area contributed by atoms with Crippen molar-refractivity contribution < 1.29 is 28.6 Å². The first-order chi connectivity index (χ1) is 30.9. The van der Waals surface area contributed by atoms with Gasteiger partial charge < -0.3 is 14.2 Å². The molecule has 6 heteroatoms. The summed E-state index contributed by atoms with van der Waals surface area (Å²) in [5, 5.41) is 0. The molecule has 0 bridgehead atoms.